The highest BCUT2D eigenvalue weighted by Gasteiger charge is 2.22. The van der Waals surface area contributed by atoms with Crippen molar-refractivity contribution >= 4 is 18.0 Å². The summed E-state index contributed by atoms with van der Waals surface area (Å²) in [5.41, 5.74) is 0.759. The molecular formula is C20H29NO5. The van der Waals surface area contributed by atoms with Crippen molar-refractivity contribution in [2.45, 2.75) is 46.1 Å². The average Bonchev–Trinajstić information content (AvgIpc) is 2.61. The molecule has 6 nitrogen and oxygen atoms in total. The second kappa shape index (κ2) is 11.2. The van der Waals surface area contributed by atoms with Gasteiger partial charge >= 0.3 is 5.97 Å². The van der Waals surface area contributed by atoms with Crippen molar-refractivity contribution in [1.29, 1.82) is 0 Å². The van der Waals surface area contributed by atoms with E-state index in [9.17, 15) is 9.59 Å². The summed E-state index contributed by atoms with van der Waals surface area (Å²) in [7, 11) is 1.56. The maximum atomic E-state index is 11.9. The molecule has 0 saturated heterocycles. The quantitative estimate of drug-likeness (QED) is 0.464. The maximum Gasteiger partial charge on any atom is 0.326 e. The number of nitrogens with one attached hydrogen (secondary N) is 1. The van der Waals surface area contributed by atoms with Gasteiger partial charge in [-0.25, -0.2) is 4.79 Å². The molecule has 1 atom stereocenters. The van der Waals surface area contributed by atoms with Gasteiger partial charge in [0.1, 0.15) is 6.04 Å². The van der Waals surface area contributed by atoms with Crippen molar-refractivity contribution in [2.75, 3.05) is 13.7 Å². The van der Waals surface area contributed by atoms with Crippen molar-refractivity contribution in [3.05, 3.63) is 29.8 Å². The van der Waals surface area contributed by atoms with E-state index in [0.717, 1.165) is 24.8 Å². The monoisotopic (exact) mass is 363 g/mol. The first-order chi connectivity index (χ1) is 12.4. The van der Waals surface area contributed by atoms with Crippen molar-refractivity contribution in [1.82, 2.24) is 5.32 Å². The van der Waals surface area contributed by atoms with Crippen LogP contribution in [-0.2, 0) is 9.59 Å². The third-order valence-corrected chi connectivity index (χ3v) is 3.85. The second-order valence-corrected chi connectivity index (χ2v) is 6.37. The maximum absolute atomic E-state index is 11.9. The lowest BCUT2D eigenvalue weighted by Crippen LogP contribution is -2.43. The minimum atomic E-state index is -1.05. The number of benzene rings is 1. The molecule has 26 heavy (non-hydrogen) atoms. The van der Waals surface area contributed by atoms with Gasteiger partial charge in [0.25, 0.3) is 0 Å². The zero-order valence-electron chi connectivity index (χ0n) is 16.0. The summed E-state index contributed by atoms with van der Waals surface area (Å²) in [6.07, 6.45) is 6.16. The fourth-order valence-corrected chi connectivity index (χ4v) is 2.33. The zero-order valence-corrected chi connectivity index (χ0v) is 16.0. The van der Waals surface area contributed by atoms with Gasteiger partial charge in [0.15, 0.2) is 11.5 Å². The number of hydrogen-bond donors (Lipinski definition) is 2. The van der Waals surface area contributed by atoms with E-state index in [4.69, 9.17) is 14.6 Å². The summed E-state index contributed by atoms with van der Waals surface area (Å²) >= 11 is 0. The molecule has 0 aromatic heterocycles. The van der Waals surface area contributed by atoms with Gasteiger partial charge in [-0.3, -0.25) is 4.79 Å². The Labute approximate surface area is 155 Å². The molecule has 1 aromatic rings. The van der Waals surface area contributed by atoms with Crippen LogP contribution in [0.5, 0.6) is 11.5 Å². The number of carboxylic acids is 1. The van der Waals surface area contributed by atoms with E-state index in [-0.39, 0.29) is 5.92 Å². The lowest BCUT2D eigenvalue weighted by atomic mass is 10.0. The van der Waals surface area contributed by atoms with Crippen LogP contribution in [0.2, 0.25) is 0 Å². The molecule has 1 aromatic carbocycles. The Morgan fingerprint density at radius 3 is 2.54 bits per heavy atom. The van der Waals surface area contributed by atoms with Crippen LogP contribution in [-0.4, -0.2) is 36.7 Å². The minimum absolute atomic E-state index is 0.200. The summed E-state index contributed by atoms with van der Waals surface area (Å²) in [4.78, 5) is 23.1. The van der Waals surface area contributed by atoms with Gasteiger partial charge in [-0.15, -0.1) is 0 Å². The number of rotatable bonds is 11. The van der Waals surface area contributed by atoms with Gasteiger partial charge in [0.05, 0.1) is 13.7 Å². The average molecular weight is 363 g/mol. The molecule has 1 amide bonds. The molecule has 0 unspecified atom stereocenters. The molecular weight excluding hydrogens is 334 g/mol. The van der Waals surface area contributed by atoms with E-state index < -0.39 is 17.9 Å². The van der Waals surface area contributed by atoms with Crippen LogP contribution < -0.4 is 14.8 Å². The van der Waals surface area contributed by atoms with Crippen LogP contribution in [0.15, 0.2) is 24.3 Å². The van der Waals surface area contributed by atoms with E-state index in [2.05, 4.69) is 12.2 Å². The van der Waals surface area contributed by atoms with Gasteiger partial charge in [-0.1, -0.05) is 39.7 Å². The highest BCUT2D eigenvalue weighted by Crippen LogP contribution is 2.28. The molecule has 0 bridgehead atoms. The first kappa shape index (κ1) is 21.5. The summed E-state index contributed by atoms with van der Waals surface area (Å²) in [6.45, 7) is 6.25. The Hall–Kier alpha value is -2.50. The van der Waals surface area contributed by atoms with Crippen LogP contribution in [0.3, 0.4) is 0 Å². The predicted molar refractivity (Wildman–Crippen MR) is 101 cm³/mol. The van der Waals surface area contributed by atoms with Crippen LogP contribution in [0.4, 0.5) is 0 Å². The summed E-state index contributed by atoms with van der Waals surface area (Å²) in [6, 6.07) is 4.48. The summed E-state index contributed by atoms with van der Waals surface area (Å²) < 4.78 is 11.1. The Bertz CT molecular complexity index is 625. The number of ether oxygens (including phenoxy) is 2. The smallest absolute Gasteiger partial charge is 0.326 e. The Kier molecular flexibility index (Phi) is 9.26. The third kappa shape index (κ3) is 7.17. The van der Waals surface area contributed by atoms with E-state index >= 15 is 0 Å². The Balaban J connectivity index is 2.72. The molecule has 144 valence electrons. The van der Waals surface area contributed by atoms with E-state index in [1.54, 1.807) is 39.2 Å². The van der Waals surface area contributed by atoms with Gasteiger partial charge in [-0.2, -0.15) is 0 Å². The van der Waals surface area contributed by atoms with E-state index in [1.807, 2.05) is 6.07 Å². The molecule has 1 rings (SSSR count). The van der Waals surface area contributed by atoms with Gasteiger partial charge in [0, 0.05) is 6.08 Å². The number of methoxy groups -OCH3 is 1. The molecule has 0 heterocycles. The molecule has 2 N–H and O–H groups in total. The molecule has 0 saturated carbocycles. The van der Waals surface area contributed by atoms with Crippen molar-refractivity contribution in [3.63, 3.8) is 0 Å². The Morgan fingerprint density at radius 1 is 1.23 bits per heavy atom. The molecule has 0 aliphatic carbocycles. The number of amides is 1. The molecule has 0 aliphatic rings. The van der Waals surface area contributed by atoms with Gasteiger partial charge < -0.3 is 19.9 Å². The first-order valence-corrected chi connectivity index (χ1v) is 8.91. The zero-order chi connectivity index (χ0) is 19.5. The lowest BCUT2D eigenvalue weighted by Gasteiger charge is -2.16. The van der Waals surface area contributed by atoms with E-state index in [1.165, 1.54) is 6.08 Å². The van der Waals surface area contributed by atoms with Gasteiger partial charge in [0.2, 0.25) is 5.91 Å². The number of aliphatic carboxylic acids is 1. The predicted octanol–water partition coefficient (Wildman–Crippen LogP) is 3.50. The molecule has 0 radical (unpaired) electrons. The first-order valence-electron chi connectivity index (χ1n) is 8.91. The number of hydrogen-bond acceptors (Lipinski definition) is 4. The molecule has 0 fully saturated rings. The fourth-order valence-electron chi connectivity index (χ4n) is 2.33. The number of carboxylic acid groups (broad SMARTS) is 1. The molecule has 0 spiro atoms. The highest BCUT2D eigenvalue weighted by atomic mass is 16.5. The van der Waals surface area contributed by atoms with Gasteiger partial charge in [-0.05, 0) is 36.1 Å². The van der Waals surface area contributed by atoms with Crippen LogP contribution in [0, 0.1) is 5.92 Å². The molecule has 6 heteroatoms. The topological polar surface area (TPSA) is 84.9 Å². The number of carbonyl (C=O) groups is 2. The highest BCUT2D eigenvalue weighted by molar-refractivity contribution is 5.94. The fraction of sp³-hybridized carbons (Fsp3) is 0.500. The standard InChI is InChI=1S/C20H29NO5/c1-5-6-7-12-26-16-10-8-15(13-17(16)25-4)9-11-18(22)21-19(14(2)3)20(23)24/h8-11,13-14,19H,5-7,12H2,1-4H3,(H,21,22)(H,23,24)/b11-9+/t19-/m1/s1. The van der Waals surface area contributed by atoms with Crippen molar-refractivity contribution in [2.24, 2.45) is 5.92 Å². The largest absolute Gasteiger partial charge is 0.493 e. The van der Waals surface area contributed by atoms with Crippen molar-refractivity contribution in [3.8, 4) is 11.5 Å². The van der Waals surface area contributed by atoms with E-state index in [0.29, 0.717) is 18.1 Å². The number of unbranched alkanes of at least 4 members (excludes halogenated alkanes) is 2. The van der Waals surface area contributed by atoms with Crippen LogP contribution in [0.25, 0.3) is 6.08 Å². The van der Waals surface area contributed by atoms with Crippen LogP contribution >= 0.6 is 0 Å². The Morgan fingerprint density at radius 2 is 1.96 bits per heavy atom. The SMILES string of the molecule is CCCCCOc1ccc(/C=C/C(=O)N[C@@H](C(=O)O)C(C)C)cc1OC. The summed E-state index contributed by atoms with van der Waals surface area (Å²) in [5.74, 6) is -0.447. The minimum Gasteiger partial charge on any atom is -0.493 e. The molecule has 0 aliphatic heterocycles. The normalized spacial score (nSPS) is 12.2. The van der Waals surface area contributed by atoms with Crippen molar-refractivity contribution < 1.29 is 24.2 Å². The lowest BCUT2D eigenvalue weighted by molar-refractivity contribution is -0.142. The summed E-state index contributed by atoms with van der Waals surface area (Å²) in [5, 5.41) is 11.6. The number of carbonyl (C=O) groups excluding carboxylic acids is 1. The second-order valence-electron chi connectivity index (χ2n) is 6.37. The van der Waals surface area contributed by atoms with Crippen LogP contribution in [0.1, 0.15) is 45.6 Å². The third-order valence-electron chi connectivity index (χ3n) is 3.85.